The molecular weight excluding hydrogens is 364 g/mol. The highest BCUT2D eigenvalue weighted by Crippen LogP contribution is 2.27. The Kier molecular flexibility index (Phi) is 6.36. The summed E-state index contributed by atoms with van der Waals surface area (Å²) in [5.41, 5.74) is 1.37. The number of ether oxygens (including phenoxy) is 2. The van der Waals surface area contributed by atoms with Crippen molar-refractivity contribution >= 4 is 29.3 Å². The lowest BCUT2D eigenvalue weighted by molar-refractivity contribution is 0.0303. The minimum atomic E-state index is -0.318. The smallest absolute Gasteiger partial charge is 0.259 e. The molecule has 0 saturated carbocycles. The van der Waals surface area contributed by atoms with E-state index in [1.165, 1.54) is 7.11 Å². The van der Waals surface area contributed by atoms with Gasteiger partial charge in [-0.1, -0.05) is 12.1 Å². The number of morpholine rings is 1. The molecule has 27 heavy (non-hydrogen) atoms. The largest absolute Gasteiger partial charge is 0.496 e. The summed E-state index contributed by atoms with van der Waals surface area (Å²) in [6.07, 6.45) is 1.96. The number of hydrogen-bond acceptors (Lipinski definition) is 5. The van der Waals surface area contributed by atoms with Gasteiger partial charge in [0.2, 0.25) is 0 Å². The lowest BCUT2D eigenvalue weighted by Gasteiger charge is -2.27. The molecule has 0 spiro atoms. The van der Waals surface area contributed by atoms with Gasteiger partial charge in [-0.25, -0.2) is 0 Å². The Balaban J connectivity index is 1.84. The predicted octanol–water partition coefficient (Wildman–Crippen LogP) is 3.14. The number of para-hydroxylation sites is 1. The van der Waals surface area contributed by atoms with E-state index < -0.39 is 0 Å². The van der Waals surface area contributed by atoms with Crippen molar-refractivity contribution in [2.24, 2.45) is 0 Å². The van der Waals surface area contributed by atoms with E-state index in [9.17, 15) is 9.59 Å². The zero-order valence-corrected chi connectivity index (χ0v) is 16.2. The van der Waals surface area contributed by atoms with Gasteiger partial charge < -0.3 is 19.7 Å². The van der Waals surface area contributed by atoms with Crippen LogP contribution in [0.5, 0.6) is 5.75 Å². The van der Waals surface area contributed by atoms with Crippen LogP contribution in [0, 0.1) is 0 Å². The molecule has 0 aliphatic carbocycles. The van der Waals surface area contributed by atoms with Gasteiger partial charge in [-0.05, 0) is 36.6 Å². The molecule has 0 radical (unpaired) electrons. The van der Waals surface area contributed by atoms with E-state index in [1.807, 2.05) is 18.4 Å². The van der Waals surface area contributed by atoms with Crippen LogP contribution in [0.25, 0.3) is 0 Å². The summed E-state index contributed by atoms with van der Waals surface area (Å²) in [4.78, 5) is 28.4. The van der Waals surface area contributed by atoms with Crippen molar-refractivity contribution in [1.29, 1.82) is 0 Å². The van der Waals surface area contributed by atoms with Gasteiger partial charge in [-0.3, -0.25) is 9.59 Å². The van der Waals surface area contributed by atoms with Gasteiger partial charge in [0.05, 0.1) is 37.1 Å². The van der Waals surface area contributed by atoms with Crippen LogP contribution in [0.15, 0.2) is 47.4 Å². The Hall–Kier alpha value is -2.51. The van der Waals surface area contributed by atoms with Crippen LogP contribution in [-0.4, -0.2) is 56.4 Å². The molecule has 1 saturated heterocycles. The fourth-order valence-electron chi connectivity index (χ4n) is 2.89. The molecule has 142 valence electrons. The molecule has 0 unspecified atom stereocenters. The molecule has 3 rings (SSSR count). The first kappa shape index (κ1) is 19.3. The highest BCUT2D eigenvalue weighted by Gasteiger charge is 2.22. The molecule has 1 N–H and O–H groups in total. The molecule has 2 amide bonds. The zero-order valence-electron chi connectivity index (χ0n) is 15.4. The maximum Gasteiger partial charge on any atom is 0.259 e. The molecule has 1 aliphatic rings. The molecule has 1 fully saturated rings. The van der Waals surface area contributed by atoms with Crippen LogP contribution >= 0.6 is 11.8 Å². The summed E-state index contributed by atoms with van der Waals surface area (Å²) >= 11 is 1.57. The molecule has 0 atom stereocenters. The minimum absolute atomic E-state index is 0.112. The summed E-state index contributed by atoms with van der Waals surface area (Å²) in [6, 6.07) is 12.5. The maximum absolute atomic E-state index is 12.8. The number of carbonyl (C=O) groups excluding carboxylic acids is 2. The van der Waals surface area contributed by atoms with E-state index in [1.54, 1.807) is 47.0 Å². The molecule has 2 aromatic carbocycles. The topological polar surface area (TPSA) is 67.9 Å². The summed E-state index contributed by atoms with van der Waals surface area (Å²) in [5.74, 6) is 0.0666. The molecule has 7 heteroatoms. The summed E-state index contributed by atoms with van der Waals surface area (Å²) < 4.78 is 10.7. The van der Waals surface area contributed by atoms with E-state index in [-0.39, 0.29) is 11.8 Å². The number of methoxy groups -OCH3 is 1. The molecule has 0 bridgehead atoms. The van der Waals surface area contributed by atoms with Crippen LogP contribution in [0.4, 0.5) is 5.69 Å². The predicted molar refractivity (Wildman–Crippen MR) is 106 cm³/mol. The number of carbonyl (C=O) groups is 2. The second-order valence-electron chi connectivity index (χ2n) is 5.97. The van der Waals surface area contributed by atoms with Gasteiger partial charge in [0, 0.05) is 18.0 Å². The van der Waals surface area contributed by atoms with Crippen molar-refractivity contribution in [2.75, 3.05) is 45.0 Å². The number of benzene rings is 2. The van der Waals surface area contributed by atoms with Crippen molar-refractivity contribution in [3.05, 3.63) is 53.6 Å². The third-order valence-corrected chi connectivity index (χ3v) is 5.08. The first-order valence-electron chi connectivity index (χ1n) is 8.63. The third kappa shape index (κ3) is 4.43. The number of nitrogens with zero attached hydrogens (tertiary/aromatic N) is 1. The second kappa shape index (κ2) is 8.92. The normalized spacial score (nSPS) is 13.9. The maximum atomic E-state index is 12.8. The number of anilines is 1. The lowest BCUT2D eigenvalue weighted by atomic mass is 10.1. The second-order valence-corrected chi connectivity index (χ2v) is 6.85. The van der Waals surface area contributed by atoms with Crippen LogP contribution in [0.3, 0.4) is 0 Å². The Morgan fingerprint density at radius 3 is 2.56 bits per heavy atom. The fourth-order valence-corrected chi connectivity index (χ4v) is 3.32. The number of nitrogens with one attached hydrogen (secondary N) is 1. The Morgan fingerprint density at radius 2 is 1.85 bits per heavy atom. The standard InChI is InChI=1S/C20H22N2O4S/c1-25-18-13-14(27-2)7-8-16(18)19(23)21-17-6-4-3-5-15(17)20(24)22-9-11-26-12-10-22/h3-8,13H,9-12H2,1-2H3,(H,21,23). The molecule has 2 aromatic rings. The monoisotopic (exact) mass is 386 g/mol. The quantitative estimate of drug-likeness (QED) is 0.800. The number of hydrogen-bond donors (Lipinski definition) is 1. The third-order valence-electron chi connectivity index (χ3n) is 4.36. The highest BCUT2D eigenvalue weighted by molar-refractivity contribution is 7.98. The van der Waals surface area contributed by atoms with Crippen molar-refractivity contribution in [1.82, 2.24) is 4.90 Å². The van der Waals surface area contributed by atoms with Crippen LogP contribution in [0.2, 0.25) is 0 Å². The van der Waals surface area contributed by atoms with Crippen molar-refractivity contribution < 1.29 is 19.1 Å². The van der Waals surface area contributed by atoms with E-state index in [2.05, 4.69) is 5.32 Å². The molecule has 6 nitrogen and oxygen atoms in total. The average molecular weight is 386 g/mol. The number of rotatable bonds is 5. The first-order chi connectivity index (χ1) is 13.1. The SMILES string of the molecule is COc1cc(SC)ccc1C(=O)Nc1ccccc1C(=O)N1CCOCC1. The van der Waals surface area contributed by atoms with Crippen molar-refractivity contribution in [3.63, 3.8) is 0 Å². The summed E-state index contributed by atoms with van der Waals surface area (Å²) in [5, 5.41) is 2.85. The van der Waals surface area contributed by atoms with Crippen molar-refractivity contribution in [3.8, 4) is 5.75 Å². The van der Waals surface area contributed by atoms with E-state index in [4.69, 9.17) is 9.47 Å². The average Bonchev–Trinajstić information content (AvgIpc) is 2.73. The lowest BCUT2D eigenvalue weighted by Crippen LogP contribution is -2.41. The van der Waals surface area contributed by atoms with E-state index >= 15 is 0 Å². The number of amides is 2. The number of thioether (sulfide) groups is 1. The Labute approximate surface area is 162 Å². The Morgan fingerprint density at radius 1 is 1.11 bits per heavy atom. The highest BCUT2D eigenvalue weighted by atomic mass is 32.2. The van der Waals surface area contributed by atoms with Gasteiger partial charge >= 0.3 is 0 Å². The summed E-state index contributed by atoms with van der Waals surface area (Å²) in [7, 11) is 1.53. The molecular formula is C20H22N2O4S. The van der Waals surface area contributed by atoms with Gasteiger partial charge in [0.15, 0.2) is 0 Å². The fraction of sp³-hybridized carbons (Fsp3) is 0.300. The summed E-state index contributed by atoms with van der Waals surface area (Å²) in [6.45, 7) is 2.15. The van der Waals surface area contributed by atoms with Crippen LogP contribution in [-0.2, 0) is 4.74 Å². The molecule has 1 aliphatic heterocycles. The van der Waals surface area contributed by atoms with Crippen LogP contribution in [0.1, 0.15) is 20.7 Å². The molecule has 1 heterocycles. The Bertz CT molecular complexity index is 834. The van der Waals surface area contributed by atoms with Gasteiger partial charge in [0.1, 0.15) is 5.75 Å². The van der Waals surface area contributed by atoms with E-state index in [0.717, 1.165) is 4.90 Å². The van der Waals surface area contributed by atoms with Crippen molar-refractivity contribution in [2.45, 2.75) is 4.90 Å². The van der Waals surface area contributed by atoms with Crippen LogP contribution < -0.4 is 10.1 Å². The zero-order chi connectivity index (χ0) is 19.2. The first-order valence-corrected chi connectivity index (χ1v) is 9.86. The minimum Gasteiger partial charge on any atom is -0.496 e. The van der Waals surface area contributed by atoms with Gasteiger partial charge in [-0.15, -0.1) is 11.8 Å². The van der Waals surface area contributed by atoms with E-state index in [0.29, 0.717) is 48.9 Å². The van der Waals surface area contributed by atoms with Gasteiger partial charge in [-0.2, -0.15) is 0 Å². The molecule has 0 aromatic heterocycles. The van der Waals surface area contributed by atoms with Gasteiger partial charge in [0.25, 0.3) is 11.8 Å².